The molecular weight excluding hydrogens is 134 g/mol. The average molecular weight is 146 g/mol. The molecule has 0 spiro atoms. The summed E-state index contributed by atoms with van der Waals surface area (Å²) in [6, 6.07) is 0. The first-order valence-electron chi connectivity index (χ1n) is 2.89. The predicted octanol–water partition coefficient (Wildman–Crippen LogP) is -0.579. The molecule has 3 N–H and O–H groups in total. The van der Waals surface area contributed by atoms with E-state index in [9.17, 15) is 4.79 Å². The van der Waals surface area contributed by atoms with Gasteiger partial charge in [0.2, 0.25) is 0 Å². The lowest BCUT2D eigenvalue weighted by molar-refractivity contribution is -0.141. The average Bonchev–Trinajstić information content (AvgIpc) is 1.81. The van der Waals surface area contributed by atoms with Crippen LogP contribution in [0.4, 0.5) is 0 Å². The molecule has 4 nitrogen and oxygen atoms in total. The van der Waals surface area contributed by atoms with Gasteiger partial charge in [0.1, 0.15) is 5.72 Å². The van der Waals surface area contributed by atoms with Crippen molar-refractivity contribution in [2.75, 3.05) is 7.11 Å². The molecule has 4 heteroatoms. The lowest BCUT2D eigenvalue weighted by Crippen LogP contribution is -2.36. The third-order valence-electron chi connectivity index (χ3n) is 0.990. The first-order chi connectivity index (χ1) is 4.45. The van der Waals surface area contributed by atoms with Gasteiger partial charge in [-0.3, -0.25) is 4.79 Å². The van der Waals surface area contributed by atoms with Crippen LogP contribution in [0.3, 0.4) is 0 Å². The van der Waals surface area contributed by atoms with Gasteiger partial charge in [-0.1, -0.05) is 0 Å². The Morgan fingerprint density at radius 2 is 2.40 bits per heavy atom. The summed E-state index contributed by atoms with van der Waals surface area (Å²) in [5.41, 5.74) is 3.56. The van der Waals surface area contributed by atoms with Crippen LogP contribution < -0.4 is 5.73 Å². The summed E-state index contributed by atoms with van der Waals surface area (Å²) < 4.78 is 4.31. The van der Waals surface area contributed by atoms with Crippen LogP contribution in [-0.4, -0.2) is 23.9 Å². The number of esters is 1. The number of rotatable bonds is 3. The molecule has 0 saturated carbocycles. The zero-order valence-electron chi connectivity index (χ0n) is 5.96. The minimum absolute atomic E-state index is 0.0903. The first-order valence-corrected chi connectivity index (χ1v) is 2.89. The highest BCUT2D eigenvalue weighted by molar-refractivity contribution is 5.69. The normalized spacial score (nSPS) is 16.0. The van der Waals surface area contributed by atoms with E-state index in [2.05, 4.69) is 11.7 Å². The van der Waals surface area contributed by atoms with Gasteiger partial charge in [0.25, 0.3) is 0 Å². The Morgan fingerprint density at radius 3 is 2.70 bits per heavy atom. The molecule has 0 amide bonds. The summed E-state index contributed by atoms with van der Waals surface area (Å²) >= 11 is 0. The maximum atomic E-state index is 10.4. The Labute approximate surface area is 60.0 Å². The molecule has 0 aromatic heterocycles. The highest BCUT2D eigenvalue weighted by atomic mass is 16.5. The van der Waals surface area contributed by atoms with Gasteiger partial charge in [-0.15, -0.1) is 0 Å². The summed E-state index contributed by atoms with van der Waals surface area (Å²) in [5.74, 6) is -0.396. The molecule has 0 aliphatic heterocycles. The van der Waals surface area contributed by atoms with Crippen LogP contribution in [-0.2, 0) is 9.53 Å². The lowest BCUT2D eigenvalue weighted by atomic mass is 10.1. The van der Waals surface area contributed by atoms with Crippen molar-refractivity contribution in [3.63, 3.8) is 0 Å². The van der Waals surface area contributed by atoms with Crippen molar-refractivity contribution in [3.8, 4) is 0 Å². The fourth-order valence-electron chi connectivity index (χ4n) is 0.421. The number of nitrogens with two attached hydrogens (primary N) is 1. The zero-order chi connectivity index (χ0) is 8.20. The number of ether oxygens (including phenoxy) is 1. The van der Waals surface area contributed by atoms with E-state index in [-0.39, 0.29) is 12.8 Å². The van der Waals surface area contributed by atoms with Crippen molar-refractivity contribution < 1.29 is 14.6 Å². The fraction of sp³-hybridized carbons (Fsp3) is 0.667. The highest BCUT2D eigenvalue weighted by Crippen LogP contribution is 2.03. The van der Waals surface area contributed by atoms with E-state index >= 15 is 0 Å². The molecule has 0 aromatic rings. The fourth-order valence-corrected chi connectivity index (χ4v) is 0.421. The summed E-state index contributed by atoms with van der Waals surface area (Å²) in [6.07, 6.45) is 0.201. The largest absolute Gasteiger partial charge is 0.469 e. The van der Waals surface area contributed by atoms with E-state index in [0.717, 1.165) is 0 Å². The summed E-state index contributed by atoms with van der Waals surface area (Å²) in [6.45, 7) is 3.20. The van der Waals surface area contributed by atoms with Crippen molar-refractivity contribution in [1.29, 1.82) is 0 Å². The van der Waals surface area contributed by atoms with E-state index in [0.29, 0.717) is 0 Å². The topological polar surface area (TPSA) is 72.5 Å². The maximum Gasteiger partial charge on any atom is 0.305 e. The van der Waals surface area contributed by atoms with Crippen LogP contribution >= 0.6 is 0 Å². The van der Waals surface area contributed by atoms with Gasteiger partial charge in [0, 0.05) is 6.42 Å². The van der Waals surface area contributed by atoms with Crippen LogP contribution in [0, 0.1) is 6.92 Å². The van der Waals surface area contributed by atoms with E-state index in [1.165, 1.54) is 7.11 Å². The van der Waals surface area contributed by atoms with E-state index in [1.807, 2.05) is 0 Å². The molecule has 0 aliphatic rings. The van der Waals surface area contributed by atoms with Crippen LogP contribution in [0.15, 0.2) is 0 Å². The third-order valence-corrected chi connectivity index (χ3v) is 0.990. The molecule has 0 heterocycles. The van der Waals surface area contributed by atoms with Gasteiger partial charge in [-0.05, 0) is 13.3 Å². The number of aliphatic hydroxyl groups is 1. The standard InChI is InChI=1S/C6H12NO3/c1-6(7,9)4-3-5(8)10-2/h9H,1,3-4,7H2,2H3. The van der Waals surface area contributed by atoms with Gasteiger partial charge >= 0.3 is 5.97 Å². The molecule has 0 aliphatic carbocycles. The molecule has 0 aromatic carbocycles. The van der Waals surface area contributed by atoms with Crippen molar-refractivity contribution in [1.82, 2.24) is 0 Å². The van der Waals surface area contributed by atoms with Gasteiger partial charge in [0.05, 0.1) is 7.11 Å². The van der Waals surface area contributed by atoms with Crippen LogP contribution in [0.5, 0.6) is 0 Å². The SMILES string of the molecule is [CH2]C(N)(O)CCC(=O)OC. The molecule has 0 rings (SSSR count). The van der Waals surface area contributed by atoms with Gasteiger partial charge in [-0.2, -0.15) is 0 Å². The summed E-state index contributed by atoms with van der Waals surface area (Å²) in [5, 5.41) is 8.82. The molecule has 0 bridgehead atoms. The quantitative estimate of drug-likeness (QED) is 0.413. The maximum absolute atomic E-state index is 10.4. The second kappa shape index (κ2) is 3.53. The molecule has 0 fully saturated rings. The van der Waals surface area contributed by atoms with Gasteiger partial charge < -0.3 is 15.6 Å². The lowest BCUT2D eigenvalue weighted by Gasteiger charge is -2.14. The van der Waals surface area contributed by atoms with Gasteiger partial charge in [-0.25, -0.2) is 0 Å². The molecule has 1 radical (unpaired) electrons. The smallest absolute Gasteiger partial charge is 0.305 e. The summed E-state index contributed by atoms with van der Waals surface area (Å²) in [7, 11) is 1.28. The highest BCUT2D eigenvalue weighted by Gasteiger charge is 2.15. The number of hydrogen-bond donors (Lipinski definition) is 2. The van der Waals surface area contributed by atoms with Crippen LogP contribution in [0.1, 0.15) is 12.8 Å². The van der Waals surface area contributed by atoms with Crippen molar-refractivity contribution in [3.05, 3.63) is 6.92 Å². The third kappa shape index (κ3) is 5.53. The van der Waals surface area contributed by atoms with E-state index in [1.54, 1.807) is 0 Å². The molecule has 10 heavy (non-hydrogen) atoms. The second-order valence-corrected chi connectivity index (χ2v) is 2.18. The van der Waals surface area contributed by atoms with Crippen molar-refractivity contribution in [2.24, 2.45) is 5.73 Å². The molecule has 1 unspecified atom stereocenters. The van der Waals surface area contributed by atoms with Crippen molar-refractivity contribution >= 4 is 5.97 Å². The first kappa shape index (κ1) is 9.39. The minimum atomic E-state index is -1.52. The number of carbonyl (C=O) groups is 1. The predicted molar refractivity (Wildman–Crippen MR) is 35.7 cm³/mol. The Kier molecular flexibility index (Phi) is 3.32. The number of carbonyl (C=O) groups excluding carboxylic acids is 1. The Balaban J connectivity index is 3.46. The second-order valence-electron chi connectivity index (χ2n) is 2.18. The molecular formula is C6H12NO3. The van der Waals surface area contributed by atoms with Gasteiger partial charge in [0.15, 0.2) is 0 Å². The molecule has 1 atom stereocenters. The minimum Gasteiger partial charge on any atom is -0.469 e. The molecule has 0 saturated heterocycles. The summed E-state index contributed by atoms with van der Waals surface area (Å²) in [4.78, 5) is 10.4. The zero-order valence-corrected chi connectivity index (χ0v) is 5.96. The Hall–Kier alpha value is -0.610. The monoisotopic (exact) mass is 146 g/mol. The van der Waals surface area contributed by atoms with Crippen LogP contribution in [0.2, 0.25) is 0 Å². The van der Waals surface area contributed by atoms with E-state index < -0.39 is 11.7 Å². The number of methoxy groups -OCH3 is 1. The Bertz CT molecular complexity index is 117. The van der Waals surface area contributed by atoms with Crippen LogP contribution in [0.25, 0.3) is 0 Å². The number of hydrogen-bond acceptors (Lipinski definition) is 4. The van der Waals surface area contributed by atoms with Crippen molar-refractivity contribution in [2.45, 2.75) is 18.6 Å². The Morgan fingerprint density at radius 1 is 1.90 bits per heavy atom. The van der Waals surface area contributed by atoms with E-state index in [4.69, 9.17) is 10.8 Å². The molecule has 59 valence electrons.